The van der Waals surface area contributed by atoms with Gasteiger partial charge in [0.2, 0.25) is 11.7 Å². The number of fused-ring (bicyclic) bond motifs is 1. The predicted molar refractivity (Wildman–Crippen MR) is 124 cm³/mol. The monoisotopic (exact) mass is 445 g/mol. The topological polar surface area (TPSA) is 79.4 Å². The van der Waals surface area contributed by atoms with E-state index in [-0.39, 0.29) is 5.91 Å². The van der Waals surface area contributed by atoms with Gasteiger partial charge in [-0.2, -0.15) is 0 Å². The number of aryl methyl sites for hydroxylation is 1. The number of amides is 2. The van der Waals surface area contributed by atoms with Gasteiger partial charge in [0.05, 0.1) is 0 Å². The van der Waals surface area contributed by atoms with E-state index < -0.39 is 11.7 Å². The smallest absolute Gasteiger partial charge is 0.295 e. The molecule has 1 aliphatic heterocycles. The Kier molecular flexibility index (Phi) is 6.56. The first-order valence-corrected chi connectivity index (χ1v) is 11.2. The van der Waals surface area contributed by atoms with Gasteiger partial charge in [0.1, 0.15) is 0 Å². The van der Waals surface area contributed by atoms with E-state index >= 15 is 0 Å². The number of ketones is 1. The van der Waals surface area contributed by atoms with Crippen molar-refractivity contribution >= 4 is 35.0 Å². The third-order valence-electron chi connectivity index (χ3n) is 5.49. The Labute approximate surface area is 190 Å². The molecule has 1 N–H and O–H groups in total. The van der Waals surface area contributed by atoms with Gasteiger partial charge >= 0.3 is 0 Å². The number of carbonyl (C=O) groups excluding carboxylic acids is 3. The van der Waals surface area contributed by atoms with Crippen molar-refractivity contribution in [2.75, 3.05) is 6.54 Å². The summed E-state index contributed by atoms with van der Waals surface area (Å²) in [5, 5.41) is 4.89. The number of hydrogen-bond donors (Lipinski definition) is 1. The number of aromatic nitrogens is 1. The van der Waals surface area contributed by atoms with E-state index in [0.29, 0.717) is 31.6 Å². The number of carbonyl (C=O) groups is 3. The fourth-order valence-electron chi connectivity index (χ4n) is 3.76. The summed E-state index contributed by atoms with van der Waals surface area (Å²) in [6, 6.07) is 12.5. The first-order chi connectivity index (χ1) is 15.5. The number of thiophene rings is 1. The maximum Gasteiger partial charge on any atom is 0.295 e. The minimum absolute atomic E-state index is 0.170. The second-order valence-electron chi connectivity index (χ2n) is 7.56. The number of nitrogens with one attached hydrogen (secondary N) is 1. The second kappa shape index (κ2) is 9.70. The number of Topliss-reactive ketones (excluding diaryl/α,β-unsaturated/α-hetero) is 1. The fourth-order valence-corrected chi connectivity index (χ4v) is 4.38. The largest absolute Gasteiger partial charge is 0.348 e. The average molecular weight is 446 g/mol. The van der Waals surface area contributed by atoms with Crippen LogP contribution in [0.4, 0.5) is 0 Å². The zero-order chi connectivity index (χ0) is 22.5. The van der Waals surface area contributed by atoms with E-state index in [1.807, 2.05) is 30.5 Å². The summed E-state index contributed by atoms with van der Waals surface area (Å²) in [6.07, 6.45) is 5.69. The third kappa shape index (κ3) is 4.84. The first kappa shape index (κ1) is 21.6. The molecule has 0 radical (unpaired) electrons. The van der Waals surface area contributed by atoms with E-state index in [4.69, 9.17) is 0 Å². The van der Waals surface area contributed by atoms with Crippen LogP contribution in [0.5, 0.6) is 0 Å². The number of rotatable bonds is 6. The second-order valence-corrected chi connectivity index (χ2v) is 8.54. The van der Waals surface area contributed by atoms with Crippen LogP contribution in [0.2, 0.25) is 0 Å². The van der Waals surface area contributed by atoms with Crippen molar-refractivity contribution < 1.29 is 14.4 Å². The molecule has 162 valence electrons. The van der Waals surface area contributed by atoms with Gasteiger partial charge in [-0.15, -0.1) is 11.3 Å². The molecule has 0 saturated carbocycles. The van der Waals surface area contributed by atoms with Crippen LogP contribution in [-0.4, -0.2) is 34.0 Å². The molecule has 0 saturated heterocycles. The molecule has 0 fully saturated rings. The van der Waals surface area contributed by atoms with Crippen LogP contribution in [0.15, 0.2) is 60.1 Å². The Morgan fingerprint density at radius 2 is 1.97 bits per heavy atom. The Balaban J connectivity index is 1.44. The van der Waals surface area contributed by atoms with Gasteiger partial charge in [0.25, 0.3) is 5.91 Å². The quantitative estimate of drug-likeness (QED) is 0.358. The Bertz CT molecular complexity index is 1170. The molecule has 2 aromatic heterocycles. The molecule has 7 heteroatoms. The molecule has 2 amide bonds. The highest BCUT2D eigenvalue weighted by atomic mass is 32.1. The summed E-state index contributed by atoms with van der Waals surface area (Å²) in [5.74, 6) is -1.17. The zero-order valence-corrected chi connectivity index (χ0v) is 18.5. The summed E-state index contributed by atoms with van der Waals surface area (Å²) < 4.78 is 0. The molecule has 1 aliphatic rings. The van der Waals surface area contributed by atoms with Crippen molar-refractivity contribution in [2.45, 2.75) is 26.4 Å². The molecule has 0 unspecified atom stereocenters. The summed E-state index contributed by atoms with van der Waals surface area (Å²) in [5.41, 5.74) is 4.23. The minimum atomic E-state index is -0.504. The van der Waals surface area contributed by atoms with Crippen LogP contribution in [0.1, 0.15) is 37.6 Å². The fraction of sp³-hybridized carbons (Fsp3) is 0.200. The normalized spacial score (nSPS) is 13.1. The van der Waals surface area contributed by atoms with Gasteiger partial charge < -0.3 is 10.2 Å². The Morgan fingerprint density at radius 1 is 1.16 bits per heavy atom. The van der Waals surface area contributed by atoms with Gasteiger partial charge in [0.15, 0.2) is 0 Å². The van der Waals surface area contributed by atoms with Crippen LogP contribution in [-0.2, 0) is 29.1 Å². The standard InChI is InChI=1S/C25H23N3O3S/c1-17-22(15-27-23(29)10-9-20-8-5-13-32-20)21-11-12-28(16-19(21)14-26-17)25(31)24(30)18-6-3-2-4-7-18/h2-10,13-14H,11-12,15-16H2,1H3,(H,27,29). The maximum absolute atomic E-state index is 12.7. The van der Waals surface area contributed by atoms with Gasteiger partial charge in [0, 0.05) is 48.0 Å². The van der Waals surface area contributed by atoms with Crippen LogP contribution in [0.3, 0.4) is 0 Å². The van der Waals surface area contributed by atoms with Gasteiger partial charge in [-0.25, -0.2) is 0 Å². The molecule has 4 rings (SSSR count). The lowest BCUT2D eigenvalue weighted by Gasteiger charge is -2.30. The van der Waals surface area contributed by atoms with E-state index in [1.165, 1.54) is 6.08 Å². The lowest BCUT2D eigenvalue weighted by Crippen LogP contribution is -2.40. The van der Waals surface area contributed by atoms with Gasteiger partial charge in [-0.3, -0.25) is 19.4 Å². The van der Waals surface area contributed by atoms with Crippen molar-refractivity contribution in [2.24, 2.45) is 0 Å². The maximum atomic E-state index is 12.7. The lowest BCUT2D eigenvalue weighted by atomic mass is 9.94. The molecule has 32 heavy (non-hydrogen) atoms. The van der Waals surface area contributed by atoms with E-state index in [2.05, 4.69) is 10.3 Å². The van der Waals surface area contributed by atoms with Crippen LogP contribution >= 0.6 is 11.3 Å². The third-order valence-corrected chi connectivity index (χ3v) is 6.33. The molecule has 3 heterocycles. The summed E-state index contributed by atoms with van der Waals surface area (Å²) in [4.78, 5) is 44.6. The molecule has 0 aliphatic carbocycles. The predicted octanol–water partition coefficient (Wildman–Crippen LogP) is 3.55. The molecule has 0 atom stereocenters. The number of pyridine rings is 1. The van der Waals surface area contributed by atoms with Crippen molar-refractivity contribution in [1.29, 1.82) is 0 Å². The summed E-state index contributed by atoms with van der Waals surface area (Å²) in [6.45, 7) is 3.07. The highest BCUT2D eigenvalue weighted by molar-refractivity contribution is 7.10. The number of hydrogen-bond acceptors (Lipinski definition) is 5. The SMILES string of the molecule is Cc1ncc2c(c1CNC(=O)C=Cc1cccs1)CCN(C(=O)C(=O)c1ccccc1)C2. The number of nitrogens with zero attached hydrogens (tertiary/aromatic N) is 2. The first-order valence-electron chi connectivity index (χ1n) is 10.4. The van der Waals surface area contributed by atoms with Crippen molar-refractivity contribution in [3.8, 4) is 0 Å². The highest BCUT2D eigenvalue weighted by Crippen LogP contribution is 2.24. The van der Waals surface area contributed by atoms with Crippen LogP contribution in [0, 0.1) is 6.92 Å². The average Bonchev–Trinajstić information content (AvgIpc) is 3.35. The minimum Gasteiger partial charge on any atom is -0.348 e. The molecule has 3 aromatic rings. The molecule has 0 spiro atoms. The van der Waals surface area contributed by atoms with Gasteiger partial charge in [-0.1, -0.05) is 36.4 Å². The van der Waals surface area contributed by atoms with Crippen LogP contribution in [0.25, 0.3) is 6.08 Å². The summed E-state index contributed by atoms with van der Waals surface area (Å²) in [7, 11) is 0. The molecule has 0 bridgehead atoms. The van der Waals surface area contributed by atoms with Crippen molar-refractivity contribution in [3.63, 3.8) is 0 Å². The Hall–Kier alpha value is -3.58. The molecule has 6 nitrogen and oxygen atoms in total. The zero-order valence-electron chi connectivity index (χ0n) is 17.7. The van der Waals surface area contributed by atoms with Crippen molar-refractivity contribution in [1.82, 2.24) is 15.2 Å². The molecular formula is C25H23N3O3S. The van der Waals surface area contributed by atoms with E-state index in [0.717, 1.165) is 27.3 Å². The molecule has 1 aromatic carbocycles. The Morgan fingerprint density at radius 3 is 2.72 bits per heavy atom. The van der Waals surface area contributed by atoms with Crippen LogP contribution < -0.4 is 5.32 Å². The highest BCUT2D eigenvalue weighted by Gasteiger charge is 2.28. The van der Waals surface area contributed by atoms with E-state index in [9.17, 15) is 14.4 Å². The molecular weight excluding hydrogens is 422 g/mol. The van der Waals surface area contributed by atoms with Crippen molar-refractivity contribution in [3.05, 3.63) is 92.9 Å². The van der Waals surface area contributed by atoms with E-state index in [1.54, 1.807) is 52.8 Å². The number of benzene rings is 1. The lowest BCUT2D eigenvalue weighted by molar-refractivity contribution is -0.127. The summed E-state index contributed by atoms with van der Waals surface area (Å²) >= 11 is 1.57. The van der Waals surface area contributed by atoms with Gasteiger partial charge in [-0.05, 0) is 47.6 Å².